The van der Waals surface area contributed by atoms with Gasteiger partial charge in [-0.15, -0.1) is 0 Å². The first kappa shape index (κ1) is 23.9. The zero-order valence-electron chi connectivity index (χ0n) is 20.1. The Morgan fingerprint density at radius 1 is 1.17 bits per heavy atom. The molecule has 0 aliphatic carbocycles. The normalized spacial score (nSPS) is 19.4. The molecule has 2 aliphatic rings. The SMILES string of the molecule is Cc1cc(-c2sc(NC(=O)N3CCN4CCC[C@@H]4C3OC=O)nc2-c2cccc(C#N)c2)cc(C)n1. The lowest BCUT2D eigenvalue weighted by molar-refractivity contribution is -0.150. The lowest BCUT2D eigenvalue weighted by Gasteiger charge is -2.42. The van der Waals surface area contributed by atoms with E-state index in [1.807, 2.05) is 38.1 Å². The van der Waals surface area contributed by atoms with Gasteiger partial charge in [-0.2, -0.15) is 5.26 Å². The van der Waals surface area contributed by atoms with E-state index in [9.17, 15) is 14.9 Å². The van der Waals surface area contributed by atoms with Crippen LogP contribution in [0, 0.1) is 25.2 Å². The Labute approximate surface area is 213 Å². The molecule has 0 spiro atoms. The van der Waals surface area contributed by atoms with Crippen molar-refractivity contribution >= 4 is 29.0 Å². The van der Waals surface area contributed by atoms with Crippen molar-refractivity contribution in [3.8, 4) is 27.8 Å². The molecule has 2 saturated heterocycles. The molecule has 2 aliphatic heterocycles. The number of urea groups is 1. The lowest BCUT2D eigenvalue weighted by Crippen LogP contribution is -2.60. The van der Waals surface area contributed by atoms with Gasteiger partial charge in [0.05, 0.1) is 28.2 Å². The highest BCUT2D eigenvalue weighted by Gasteiger charge is 2.42. The van der Waals surface area contributed by atoms with Crippen molar-refractivity contribution in [2.75, 3.05) is 25.0 Å². The maximum Gasteiger partial charge on any atom is 0.326 e. The number of aryl methyl sites for hydroxylation is 2. The average Bonchev–Trinajstić information content (AvgIpc) is 3.51. The number of pyridine rings is 1. The van der Waals surface area contributed by atoms with Crippen LogP contribution < -0.4 is 5.32 Å². The van der Waals surface area contributed by atoms with Crippen LogP contribution >= 0.6 is 11.3 Å². The second-order valence-electron chi connectivity index (χ2n) is 9.02. The summed E-state index contributed by atoms with van der Waals surface area (Å²) in [4.78, 5) is 38.6. The van der Waals surface area contributed by atoms with Crippen molar-refractivity contribution in [1.82, 2.24) is 19.8 Å². The zero-order valence-corrected chi connectivity index (χ0v) is 20.9. The number of nitrogens with zero attached hydrogens (tertiary/aromatic N) is 5. The van der Waals surface area contributed by atoms with Crippen molar-refractivity contribution < 1.29 is 14.3 Å². The number of piperazine rings is 1. The number of hydrogen-bond donors (Lipinski definition) is 1. The standard InChI is InChI=1S/C26H26N6O3S/c1-16-11-20(12-17(2)28-16)23-22(19-6-3-5-18(13-19)14-27)29-25(36-23)30-26(34)32-10-9-31-8-4-7-21(31)24(32)35-15-33/h3,5-6,11-13,15,21,24H,4,7-10H2,1-2H3,(H,29,30,34)/t21-,24?/m1/s1. The molecular weight excluding hydrogens is 476 g/mol. The topological polar surface area (TPSA) is 111 Å². The van der Waals surface area contributed by atoms with Gasteiger partial charge in [-0.3, -0.25) is 24.9 Å². The maximum atomic E-state index is 13.4. The molecule has 36 heavy (non-hydrogen) atoms. The van der Waals surface area contributed by atoms with Gasteiger partial charge in [-0.1, -0.05) is 23.5 Å². The van der Waals surface area contributed by atoms with E-state index in [0.29, 0.717) is 29.4 Å². The van der Waals surface area contributed by atoms with Crippen molar-refractivity contribution in [3.05, 3.63) is 53.3 Å². The summed E-state index contributed by atoms with van der Waals surface area (Å²) in [6.07, 6.45) is 1.27. The summed E-state index contributed by atoms with van der Waals surface area (Å²) in [5, 5.41) is 12.8. The summed E-state index contributed by atoms with van der Waals surface area (Å²) in [6.45, 7) is 6.44. The molecule has 2 amide bonds. The number of rotatable bonds is 5. The second kappa shape index (κ2) is 10.0. The van der Waals surface area contributed by atoms with Gasteiger partial charge in [0.15, 0.2) is 11.4 Å². The van der Waals surface area contributed by atoms with Crippen LogP contribution in [0.3, 0.4) is 0 Å². The monoisotopic (exact) mass is 502 g/mol. The lowest BCUT2D eigenvalue weighted by atomic mass is 10.0. The highest BCUT2D eigenvalue weighted by atomic mass is 32.1. The number of aromatic nitrogens is 2. The molecule has 184 valence electrons. The van der Waals surface area contributed by atoms with Crippen LogP contribution in [0.1, 0.15) is 29.8 Å². The van der Waals surface area contributed by atoms with Crippen LogP contribution in [0.25, 0.3) is 21.7 Å². The van der Waals surface area contributed by atoms with E-state index in [4.69, 9.17) is 9.72 Å². The van der Waals surface area contributed by atoms with Crippen LogP contribution in [0.5, 0.6) is 0 Å². The summed E-state index contributed by atoms with van der Waals surface area (Å²) in [6, 6.07) is 13.1. The number of amides is 2. The fourth-order valence-corrected chi connectivity index (χ4v) is 6.06. The van der Waals surface area contributed by atoms with Gasteiger partial charge in [-0.25, -0.2) is 9.78 Å². The van der Waals surface area contributed by atoms with E-state index < -0.39 is 6.23 Å². The minimum atomic E-state index is -0.629. The van der Waals surface area contributed by atoms with Gasteiger partial charge in [0.25, 0.3) is 6.47 Å². The Kier molecular flexibility index (Phi) is 6.67. The summed E-state index contributed by atoms with van der Waals surface area (Å²) < 4.78 is 5.38. The van der Waals surface area contributed by atoms with E-state index in [1.54, 1.807) is 17.0 Å². The largest absolute Gasteiger partial charge is 0.442 e. The molecule has 2 fully saturated rings. The first-order valence-electron chi connectivity index (χ1n) is 11.8. The third kappa shape index (κ3) is 4.67. The molecule has 9 nitrogen and oxygen atoms in total. The first-order valence-corrected chi connectivity index (χ1v) is 12.7. The fourth-order valence-electron chi connectivity index (χ4n) is 5.09. The Balaban J connectivity index is 1.49. The number of carbonyl (C=O) groups excluding carboxylic acids is 2. The molecule has 0 bridgehead atoms. The van der Waals surface area contributed by atoms with E-state index in [1.165, 1.54) is 11.3 Å². The van der Waals surface area contributed by atoms with E-state index in [0.717, 1.165) is 53.3 Å². The minimum absolute atomic E-state index is 0.00797. The van der Waals surface area contributed by atoms with Crippen molar-refractivity contribution in [3.63, 3.8) is 0 Å². The van der Waals surface area contributed by atoms with Crippen molar-refractivity contribution in [2.24, 2.45) is 0 Å². The summed E-state index contributed by atoms with van der Waals surface area (Å²) in [5.74, 6) is 0. The first-order chi connectivity index (χ1) is 17.5. The zero-order chi connectivity index (χ0) is 25.2. The molecule has 4 heterocycles. The van der Waals surface area contributed by atoms with E-state index in [2.05, 4.69) is 21.3 Å². The number of carbonyl (C=O) groups is 2. The number of hydrogen-bond acceptors (Lipinski definition) is 8. The predicted octanol–water partition coefficient (Wildman–Crippen LogP) is 4.17. The van der Waals surface area contributed by atoms with Gasteiger partial charge >= 0.3 is 6.03 Å². The van der Waals surface area contributed by atoms with Gasteiger partial charge < -0.3 is 4.74 Å². The van der Waals surface area contributed by atoms with Crippen molar-refractivity contribution in [2.45, 2.75) is 39.0 Å². The Morgan fingerprint density at radius 3 is 2.72 bits per heavy atom. The Morgan fingerprint density at radius 2 is 1.97 bits per heavy atom. The molecule has 2 atom stereocenters. The maximum absolute atomic E-state index is 13.4. The van der Waals surface area contributed by atoms with Crippen LogP contribution in [0.4, 0.5) is 9.93 Å². The van der Waals surface area contributed by atoms with Crippen molar-refractivity contribution in [1.29, 1.82) is 5.26 Å². The van der Waals surface area contributed by atoms with Crippen LogP contribution in [-0.2, 0) is 9.53 Å². The third-order valence-corrected chi connectivity index (χ3v) is 7.60. The van der Waals surface area contributed by atoms with E-state index >= 15 is 0 Å². The molecule has 1 N–H and O–H groups in total. The molecule has 3 aromatic rings. The molecule has 1 unspecified atom stereocenters. The number of nitrogens with one attached hydrogen (secondary N) is 1. The van der Waals surface area contributed by atoms with Gasteiger partial charge in [0, 0.05) is 30.0 Å². The van der Waals surface area contributed by atoms with Gasteiger partial charge in [-0.05, 0) is 63.1 Å². The summed E-state index contributed by atoms with van der Waals surface area (Å²) in [7, 11) is 0. The fraction of sp³-hybridized carbons (Fsp3) is 0.346. The molecule has 0 radical (unpaired) electrons. The Hall–Kier alpha value is -3.81. The number of ether oxygens (including phenoxy) is 1. The summed E-state index contributed by atoms with van der Waals surface area (Å²) in [5.41, 5.74) is 4.70. The van der Waals surface area contributed by atoms with Crippen LogP contribution in [0.15, 0.2) is 36.4 Å². The smallest absolute Gasteiger partial charge is 0.326 e. The highest BCUT2D eigenvalue weighted by molar-refractivity contribution is 7.19. The average molecular weight is 503 g/mol. The number of fused-ring (bicyclic) bond motifs is 1. The predicted molar refractivity (Wildman–Crippen MR) is 136 cm³/mol. The quantitative estimate of drug-likeness (QED) is 0.521. The molecule has 0 saturated carbocycles. The molecule has 1 aromatic carbocycles. The number of nitriles is 1. The number of anilines is 1. The molecular formula is C26H26N6O3S. The minimum Gasteiger partial charge on any atom is -0.442 e. The summed E-state index contributed by atoms with van der Waals surface area (Å²) >= 11 is 1.36. The highest BCUT2D eigenvalue weighted by Crippen LogP contribution is 2.40. The Bertz CT molecular complexity index is 1330. The third-order valence-electron chi connectivity index (χ3n) is 6.58. The molecule has 5 rings (SSSR count). The van der Waals surface area contributed by atoms with E-state index in [-0.39, 0.29) is 12.1 Å². The molecule has 10 heteroatoms. The van der Waals surface area contributed by atoms with Crippen LogP contribution in [0.2, 0.25) is 0 Å². The number of thiazole rings is 1. The van der Waals surface area contributed by atoms with Gasteiger partial charge in [0.1, 0.15) is 0 Å². The number of benzene rings is 1. The van der Waals surface area contributed by atoms with Crippen LogP contribution in [-0.4, -0.2) is 64.2 Å². The van der Waals surface area contributed by atoms with Gasteiger partial charge in [0.2, 0.25) is 0 Å². The molecule has 2 aromatic heterocycles. The second-order valence-corrected chi connectivity index (χ2v) is 10.0.